The van der Waals surface area contributed by atoms with Crippen LogP contribution in [0.4, 0.5) is 5.82 Å². The predicted molar refractivity (Wildman–Crippen MR) is 60.2 cm³/mol. The van der Waals surface area contributed by atoms with Crippen LogP contribution in [-0.4, -0.2) is 24.4 Å². The van der Waals surface area contributed by atoms with E-state index in [1.807, 2.05) is 19.1 Å². The van der Waals surface area contributed by atoms with E-state index in [2.05, 4.69) is 9.88 Å². The molecule has 1 saturated heterocycles. The summed E-state index contributed by atoms with van der Waals surface area (Å²) in [5.74, 6) is 0.934. The van der Waals surface area contributed by atoms with Gasteiger partial charge in [0, 0.05) is 30.8 Å². The van der Waals surface area contributed by atoms with E-state index in [9.17, 15) is 4.79 Å². The zero-order valence-corrected chi connectivity index (χ0v) is 9.02. The molecule has 1 fully saturated rings. The lowest BCUT2D eigenvalue weighted by atomic mass is 10.0. The highest BCUT2D eigenvalue weighted by Crippen LogP contribution is 2.26. The van der Waals surface area contributed by atoms with Gasteiger partial charge in [0.1, 0.15) is 12.1 Å². The van der Waals surface area contributed by atoms with Gasteiger partial charge in [-0.15, -0.1) is 0 Å². The summed E-state index contributed by atoms with van der Waals surface area (Å²) in [6.07, 6.45) is 5.24. The van der Waals surface area contributed by atoms with Crippen molar-refractivity contribution >= 4 is 12.1 Å². The predicted octanol–water partition coefficient (Wildman–Crippen LogP) is 1.98. The van der Waals surface area contributed by atoms with Gasteiger partial charge in [-0.1, -0.05) is 13.0 Å². The molecular formula is C12H16N2O. The highest BCUT2D eigenvalue weighted by Gasteiger charge is 2.19. The van der Waals surface area contributed by atoms with Crippen molar-refractivity contribution in [3.8, 4) is 0 Å². The summed E-state index contributed by atoms with van der Waals surface area (Å²) in [5, 5.41) is 0. The molecule has 2 rings (SSSR count). The molecule has 3 nitrogen and oxygen atoms in total. The second kappa shape index (κ2) is 4.43. The molecule has 1 atom stereocenters. The van der Waals surface area contributed by atoms with E-state index in [0.29, 0.717) is 0 Å². The van der Waals surface area contributed by atoms with Crippen LogP contribution in [0.2, 0.25) is 0 Å². The van der Waals surface area contributed by atoms with Crippen molar-refractivity contribution in [1.29, 1.82) is 0 Å². The maximum absolute atomic E-state index is 10.8. The standard InChI is InChI=1S/C12H16N2O/c1-10(9-15)11-5-4-6-13-12(11)14-7-2-3-8-14/h4-6,9-10H,2-3,7-8H2,1H3. The van der Waals surface area contributed by atoms with Crippen LogP contribution in [0, 0.1) is 0 Å². The van der Waals surface area contributed by atoms with Crippen LogP contribution >= 0.6 is 0 Å². The number of aldehydes is 1. The fraction of sp³-hybridized carbons (Fsp3) is 0.500. The molecule has 1 aromatic rings. The Kier molecular flexibility index (Phi) is 2.99. The fourth-order valence-corrected chi connectivity index (χ4v) is 2.03. The van der Waals surface area contributed by atoms with Crippen LogP contribution in [-0.2, 0) is 4.79 Å². The normalized spacial score (nSPS) is 17.8. The quantitative estimate of drug-likeness (QED) is 0.706. The number of nitrogens with zero attached hydrogens (tertiary/aromatic N) is 2. The molecule has 0 radical (unpaired) electrons. The first kappa shape index (κ1) is 10.1. The number of hydrogen-bond acceptors (Lipinski definition) is 3. The summed E-state index contributed by atoms with van der Waals surface area (Å²) in [4.78, 5) is 17.5. The number of hydrogen-bond donors (Lipinski definition) is 0. The molecule has 1 aliphatic rings. The molecule has 0 aromatic carbocycles. The van der Waals surface area contributed by atoms with Crippen LogP contribution in [0.25, 0.3) is 0 Å². The Hall–Kier alpha value is -1.38. The Balaban J connectivity index is 2.32. The monoisotopic (exact) mass is 204 g/mol. The maximum Gasteiger partial charge on any atom is 0.132 e. The molecule has 0 N–H and O–H groups in total. The first-order valence-electron chi connectivity index (χ1n) is 5.48. The number of carbonyl (C=O) groups is 1. The summed E-state index contributed by atoms with van der Waals surface area (Å²) in [5.41, 5.74) is 1.05. The molecule has 0 saturated carbocycles. The van der Waals surface area contributed by atoms with Crippen molar-refractivity contribution in [2.75, 3.05) is 18.0 Å². The first-order chi connectivity index (χ1) is 7.33. The number of carbonyl (C=O) groups excluding carboxylic acids is 1. The van der Waals surface area contributed by atoms with Gasteiger partial charge >= 0.3 is 0 Å². The molecule has 1 aliphatic heterocycles. The van der Waals surface area contributed by atoms with Gasteiger partial charge in [0.05, 0.1) is 0 Å². The number of aromatic nitrogens is 1. The SMILES string of the molecule is CC(C=O)c1cccnc1N1CCCC1. The molecule has 1 unspecified atom stereocenters. The first-order valence-corrected chi connectivity index (χ1v) is 5.48. The van der Waals surface area contributed by atoms with Crippen molar-refractivity contribution < 1.29 is 4.79 Å². The average Bonchev–Trinajstić information content (AvgIpc) is 2.81. The van der Waals surface area contributed by atoms with Gasteiger partial charge in [-0.3, -0.25) is 0 Å². The zero-order valence-electron chi connectivity index (χ0n) is 9.02. The van der Waals surface area contributed by atoms with Gasteiger partial charge in [0.25, 0.3) is 0 Å². The minimum Gasteiger partial charge on any atom is -0.356 e. The molecule has 0 bridgehead atoms. The van der Waals surface area contributed by atoms with E-state index in [4.69, 9.17) is 0 Å². The molecular weight excluding hydrogens is 188 g/mol. The minimum atomic E-state index is -0.0608. The van der Waals surface area contributed by atoms with Crippen LogP contribution in [0.15, 0.2) is 18.3 Å². The van der Waals surface area contributed by atoms with E-state index >= 15 is 0 Å². The maximum atomic E-state index is 10.8. The number of pyridine rings is 1. The second-order valence-corrected chi connectivity index (χ2v) is 4.04. The van der Waals surface area contributed by atoms with Crippen molar-refractivity contribution in [1.82, 2.24) is 4.98 Å². The highest BCUT2D eigenvalue weighted by molar-refractivity contribution is 5.66. The largest absolute Gasteiger partial charge is 0.356 e. The minimum absolute atomic E-state index is 0.0608. The third kappa shape index (κ3) is 2.01. The lowest BCUT2D eigenvalue weighted by Gasteiger charge is -2.20. The van der Waals surface area contributed by atoms with Crippen molar-refractivity contribution in [2.24, 2.45) is 0 Å². The highest BCUT2D eigenvalue weighted by atomic mass is 16.1. The molecule has 15 heavy (non-hydrogen) atoms. The molecule has 3 heteroatoms. The van der Waals surface area contributed by atoms with Crippen molar-refractivity contribution in [3.05, 3.63) is 23.9 Å². The Morgan fingerprint density at radius 2 is 2.20 bits per heavy atom. The third-order valence-corrected chi connectivity index (χ3v) is 2.92. The van der Waals surface area contributed by atoms with E-state index in [0.717, 1.165) is 30.8 Å². The Morgan fingerprint density at radius 1 is 1.47 bits per heavy atom. The molecule has 0 aliphatic carbocycles. The average molecular weight is 204 g/mol. The topological polar surface area (TPSA) is 33.2 Å². The number of rotatable bonds is 3. The fourth-order valence-electron chi connectivity index (χ4n) is 2.03. The Labute approximate surface area is 90.1 Å². The van der Waals surface area contributed by atoms with E-state index < -0.39 is 0 Å². The van der Waals surface area contributed by atoms with Crippen molar-refractivity contribution in [2.45, 2.75) is 25.7 Å². The third-order valence-electron chi connectivity index (χ3n) is 2.92. The van der Waals surface area contributed by atoms with Gasteiger partial charge in [-0.05, 0) is 18.9 Å². The second-order valence-electron chi connectivity index (χ2n) is 4.04. The smallest absolute Gasteiger partial charge is 0.132 e. The molecule has 80 valence electrons. The van der Waals surface area contributed by atoms with Gasteiger partial charge in [0.2, 0.25) is 0 Å². The summed E-state index contributed by atoms with van der Waals surface area (Å²) >= 11 is 0. The van der Waals surface area contributed by atoms with E-state index in [-0.39, 0.29) is 5.92 Å². The van der Waals surface area contributed by atoms with E-state index in [1.54, 1.807) is 6.20 Å². The Bertz CT molecular complexity index is 345. The molecule has 1 aromatic heterocycles. The lowest BCUT2D eigenvalue weighted by molar-refractivity contribution is -0.108. The summed E-state index contributed by atoms with van der Waals surface area (Å²) in [6.45, 7) is 4.05. The summed E-state index contributed by atoms with van der Waals surface area (Å²) in [7, 11) is 0. The van der Waals surface area contributed by atoms with E-state index in [1.165, 1.54) is 12.8 Å². The van der Waals surface area contributed by atoms with Crippen LogP contribution in [0.3, 0.4) is 0 Å². The molecule has 2 heterocycles. The van der Waals surface area contributed by atoms with Gasteiger partial charge in [-0.2, -0.15) is 0 Å². The number of anilines is 1. The van der Waals surface area contributed by atoms with Gasteiger partial charge in [0.15, 0.2) is 0 Å². The zero-order chi connectivity index (χ0) is 10.7. The summed E-state index contributed by atoms with van der Waals surface area (Å²) in [6, 6.07) is 3.90. The van der Waals surface area contributed by atoms with Crippen molar-refractivity contribution in [3.63, 3.8) is 0 Å². The molecule has 0 amide bonds. The van der Waals surface area contributed by atoms with Crippen LogP contribution in [0.5, 0.6) is 0 Å². The van der Waals surface area contributed by atoms with Crippen LogP contribution in [0.1, 0.15) is 31.2 Å². The van der Waals surface area contributed by atoms with Gasteiger partial charge < -0.3 is 9.69 Å². The van der Waals surface area contributed by atoms with Gasteiger partial charge in [-0.25, -0.2) is 4.98 Å². The Morgan fingerprint density at radius 3 is 2.87 bits per heavy atom. The van der Waals surface area contributed by atoms with Crippen LogP contribution < -0.4 is 4.90 Å². The lowest BCUT2D eigenvalue weighted by Crippen LogP contribution is -2.21. The summed E-state index contributed by atoms with van der Waals surface area (Å²) < 4.78 is 0. The molecule has 0 spiro atoms.